The Morgan fingerprint density at radius 3 is 0.733 bits per heavy atom. The molecule has 0 saturated carbocycles. The van der Waals surface area contributed by atoms with Crippen molar-refractivity contribution in [2.24, 2.45) is 0 Å². The average Bonchev–Trinajstić information content (AvgIpc) is 3.35. The fourth-order valence-corrected chi connectivity index (χ4v) is 7.63. The molecular formula is C56H38N4. The van der Waals surface area contributed by atoms with E-state index in [4.69, 9.17) is 19.9 Å². The van der Waals surface area contributed by atoms with Crippen LogP contribution in [0.25, 0.3) is 101 Å². The van der Waals surface area contributed by atoms with Crippen LogP contribution in [0.5, 0.6) is 0 Å². The highest BCUT2D eigenvalue weighted by Gasteiger charge is 2.17. The molecular weight excluding hydrogens is 729 g/mol. The highest BCUT2D eigenvalue weighted by molar-refractivity contribution is 5.87. The lowest BCUT2D eigenvalue weighted by atomic mass is 9.90. The molecule has 60 heavy (non-hydrogen) atoms. The summed E-state index contributed by atoms with van der Waals surface area (Å²) in [5.41, 5.74) is 15.4. The molecule has 10 aromatic rings. The minimum Gasteiger partial charge on any atom is -0.248 e. The van der Waals surface area contributed by atoms with E-state index in [0.29, 0.717) is 17.5 Å². The molecule has 0 saturated heterocycles. The molecule has 0 spiro atoms. The van der Waals surface area contributed by atoms with Crippen LogP contribution in [-0.4, -0.2) is 19.9 Å². The van der Waals surface area contributed by atoms with Crippen molar-refractivity contribution in [2.75, 3.05) is 0 Å². The van der Waals surface area contributed by atoms with Gasteiger partial charge in [0.2, 0.25) is 0 Å². The average molecular weight is 767 g/mol. The third kappa shape index (κ3) is 7.78. The van der Waals surface area contributed by atoms with E-state index >= 15 is 0 Å². The zero-order valence-corrected chi connectivity index (χ0v) is 32.7. The van der Waals surface area contributed by atoms with Gasteiger partial charge in [-0.3, -0.25) is 0 Å². The van der Waals surface area contributed by atoms with Gasteiger partial charge in [0.1, 0.15) is 0 Å². The van der Waals surface area contributed by atoms with Gasteiger partial charge in [0.15, 0.2) is 17.5 Å². The molecule has 0 fully saturated rings. The van der Waals surface area contributed by atoms with Gasteiger partial charge in [0.25, 0.3) is 0 Å². The number of aromatic nitrogens is 4. The third-order valence-corrected chi connectivity index (χ3v) is 10.7. The first-order valence-corrected chi connectivity index (χ1v) is 20.1. The van der Waals surface area contributed by atoms with Gasteiger partial charge in [0.05, 0.1) is 11.4 Å². The fourth-order valence-electron chi connectivity index (χ4n) is 7.63. The summed E-state index contributed by atoms with van der Waals surface area (Å²) in [6.45, 7) is 0. The van der Waals surface area contributed by atoms with Gasteiger partial charge >= 0.3 is 0 Å². The molecule has 0 atom stereocenters. The van der Waals surface area contributed by atoms with E-state index in [1.807, 2.05) is 72.8 Å². The molecule has 8 aromatic carbocycles. The predicted molar refractivity (Wildman–Crippen MR) is 247 cm³/mol. The fraction of sp³-hybridized carbons (Fsp3) is 0. The SMILES string of the molecule is c1ccc(-c2cc(-c3ccccc3)cc(-c3cc(-c4cc(-c5ccccc5)nc(-c5ccccc5)c4)cc(-c4nc(-c5ccccc5)nc(-c5ccccc5)n4)c3)c2)cc1. The molecule has 4 nitrogen and oxygen atoms in total. The number of pyridine rings is 1. The van der Waals surface area contributed by atoms with E-state index in [1.54, 1.807) is 0 Å². The molecule has 2 aromatic heterocycles. The van der Waals surface area contributed by atoms with Crippen molar-refractivity contribution in [3.8, 4) is 101 Å². The Labute approximate surface area is 350 Å². The second kappa shape index (κ2) is 16.4. The summed E-state index contributed by atoms with van der Waals surface area (Å²) < 4.78 is 0. The van der Waals surface area contributed by atoms with Crippen LogP contribution in [0.4, 0.5) is 0 Å². The Morgan fingerprint density at radius 2 is 0.400 bits per heavy atom. The smallest absolute Gasteiger partial charge is 0.164 e. The molecule has 0 aliphatic rings. The van der Waals surface area contributed by atoms with Gasteiger partial charge < -0.3 is 0 Å². The van der Waals surface area contributed by atoms with Gasteiger partial charge in [-0.05, 0) is 93.0 Å². The zero-order valence-electron chi connectivity index (χ0n) is 32.7. The van der Waals surface area contributed by atoms with Crippen molar-refractivity contribution in [1.82, 2.24) is 19.9 Å². The maximum atomic E-state index is 5.21. The molecule has 4 heteroatoms. The largest absolute Gasteiger partial charge is 0.248 e. The highest BCUT2D eigenvalue weighted by atomic mass is 15.0. The summed E-state index contributed by atoms with van der Waals surface area (Å²) in [4.78, 5) is 20.6. The minimum atomic E-state index is 0.592. The van der Waals surface area contributed by atoms with Crippen LogP contribution in [-0.2, 0) is 0 Å². The van der Waals surface area contributed by atoms with Crippen LogP contribution < -0.4 is 0 Å². The first-order chi connectivity index (χ1) is 29.7. The Morgan fingerprint density at radius 1 is 0.167 bits per heavy atom. The number of benzene rings is 8. The van der Waals surface area contributed by atoms with E-state index in [1.165, 1.54) is 0 Å². The van der Waals surface area contributed by atoms with Crippen LogP contribution in [0.2, 0.25) is 0 Å². The molecule has 0 unspecified atom stereocenters. The highest BCUT2D eigenvalue weighted by Crippen LogP contribution is 2.39. The van der Waals surface area contributed by atoms with Crippen LogP contribution in [0.3, 0.4) is 0 Å². The van der Waals surface area contributed by atoms with Crippen molar-refractivity contribution in [2.45, 2.75) is 0 Å². The van der Waals surface area contributed by atoms with E-state index < -0.39 is 0 Å². The maximum Gasteiger partial charge on any atom is 0.164 e. The van der Waals surface area contributed by atoms with Crippen LogP contribution >= 0.6 is 0 Å². The summed E-state index contributed by atoms with van der Waals surface area (Å²) >= 11 is 0. The number of nitrogens with zero attached hydrogens (tertiary/aromatic N) is 4. The predicted octanol–water partition coefficient (Wildman–Crippen LogP) is 14.3. The standard InChI is InChI=1S/C56H38N4/c1-7-19-39(20-8-1)45-31-46(40-21-9-2-10-22-40)33-47(32-45)48-34-49(50-37-52(41-23-11-3-12-24-41)57-53(38-50)42-25-13-4-14-26-42)36-51(35-48)56-59-54(43-27-15-5-16-28-43)58-55(60-56)44-29-17-6-18-30-44/h1-38H. The van der Waals surface area contributed by atoms with E-state index in [-0.39, 0.29) is 0 Å². The molecule has 0 amide bonds. The topological polar surface area (TPSA) is 51.6 Å². The molecule has 0 radical (unpaired) electrons. The Balaban J connectivity index is 1.24. The van der Waals surface area contributed by atoms with E-state index in [0.717, 1.165) is 83.7 Å². The molecule has 282 valence electrons. The Kier molecular flexibility index (Phi) is 9.92. The summed E-state index contributed by atoms with van der Waals surface area (Å²) in [6, 6.07) is 80.2. The second-order valence-electron chi connectivity index (χ2n) is 14.7. The van der Waals surface area contributed by atoms with E-state index in [2.05, 4.69) is 158 Å². The molecule has 0 aliphatic heterocycles. The van der Waals surface area contributed by atoms with Gasteiger partial charge in [0, 0.05) is 27.8 Å². The van der Waals surface area contributed by atoms with Crippen molar-refractivity contribution >= 4 is 0 Å². The maximum absolute atomic E-state index is 5.21. The summed E-state index contributed by atoms with van der Waals surface area (Å²) in [5.74, 6) is 1.82. The molecule has 0 aliphatic carbocycles. The van der Waals surface area contributed by atoms with Gasteiger partial charge in [-0.1, -0.05) is 182 Å². The lowest BCUT2D eigenvalue weighted by Crippen LogP contribution is -2.00. The first kappa shape index (κ1) is 36.3. The zero-order chi connectivity index (χ0) is 40.1. The lowest BCUT2D eigenvalue weighted by Gasteiger charge is -2.16. The Bertz CT molecular complexity index is 2530. The summed E-state index contributed by atoms with van der Waals surface area (Å²) in [5, 5.41) is 0. The van der Waals surface area contributed by atoms with Crippen molar-refractivity contribution in [3.63, 3.8) is 0 Å². The second-order valence-corrected chi connectivity index (χ2v) is 14.7. The van der Waals surface area contributed by atoms with Crippen LogP contribution in [0.15, 0.2) is 231 Å². The number of hydrogen-bond acceptors (Lipinski definition) is 4. The quantitative estimate of drug-likeness (QED) is 0.147. The summed E-state index contributed by atoms with van der Waals surface area (Å²) in [6.07, 6.45) is 0. The monoisotopic (exact) mass is 766 g/mol. The molecule has 2 heterocycles. The first-order valence-electron chi connectivity index (χ1n) is 20.1. The Hall–Kier alpha value is -8.08. The lowest BCUT2D eigenvalue weighted by molar-refractivity contribution is 1.07. The number of hydrogen-bond donors (Lipinski definition) is 0. The molecule has 10 rings (SSSR count). The third-order valence-electron chi connectivity index (χ3n) is 10.7. The van der Waals surface area contributed by atoms with E-state index in [9.17, 15) is 0 Å². The number of rotatable bonds is 9. The normalized spacial score (nSPS) is 11.0. The molecule has 0 bridgehead atoms. The minimum absolute atomic E-state index is 0.592. The van der Waals surface area contributed by atoms with Gasteiger partial charge in [-0.15, -0.1) is 0 Å². The van der Waals surface area contributed by atoms with Gasteiger partial charge in [-0.2, -0.15) is 0 Å². The van der Waals surface area contributed by atoms with Gasteiger partial charge in [-0.25, -0.2) is 19.9 Å². The van der Waals surface area contributed by atoms with Crippen molar-refractivity contribution < 1.29 is 0 Å². The molecule has 0 N–H and O–H groups in total. The van der Waals surface area contributed by atoms with Crippen molar-refractivity contribution in [3.05, 3.63) is 231 Å². The van der Waals surface area contributed by atoms with Crippen molar-refractivity contribution in [1.29, 1.82) is 0 Å². The summed E-state index contributed by atoms with van der Waals surface area (Å²) in [7, 11) is 0. The van der Waals surface area contributed by atoms with Crippen LogP contribution in [0.1, 0.15) is 0 Å². The van der Waals surface area contributed by atoms with Crippen LogP contribution in [0, 0.1) is 0 Å².